The van der Waals surface area contributed by atoms with E-state index in [0.717, 1.165) is 5.56 Å². The Morgan fingerprint density at radius 2 is 1.75 bits per heavy atom. The molecule has 0 saturated heterocycles. The Labute approximate surface area is 124 Å². The third kappa shape index (κ3) is 3.38. The van der Waals surface area contributed by atoms with Crippen LogP contribution in [0, 0.1) is 12.7 Å². The minimum Gasteiger partial charge on any atom is -0.304 e. The molecule has 3 heteroatoms. The Bertz CT molecular complexity index is 597. The van der Waals surface area contributed by atoms with E-state index >= 15 is 0 Å². The fraction of sp³-hybridized carbons (Fsp3) is 0.294. The summed E-state index contributed by atoms with van der Waals surface area (Å²) in [5.74, 6) is -0.374. The first kappa shape index (κ1) is 15.0. The molecular weight excluding hydrogens is 273 g/mol. The number of halogens is 2. The van der Waals surface area contributed by atoms with Gasteiger partial charge in [-0.3, -0.25) is 0 Å². The number of aryl methyl sites for hydroxylation is 1. The highest BCUT2D eigenvalue weighted by atomic mass is 35.5. The number of hydrogen-bond donors (Lipinski definition) is 1. The van der Waals surface area contributed by atoms with E-state index in [-0.39, 0.29) is 22.9 Å². The highest BCUT2D eigenvalue weighted by molar-refractivity contribution is 6.30. The van der Waals surface area contributed by atoms with E-state index in [1.807, 2.05) is 25.1 Å². The summed E-state index contributed by atoms with van der Waals surface area (Å²) in [4.78, 5) is 0. The fourth-order valence-electron chi connectivity index (χ4n) is 2.42. The molecule has 0 aliphatic heterocycles. The highest BCUT2D eigenvalue weighted by Gasteiger charge is 2.13. The SMILES string of the molecule is Cc1ccccc1[C@@H](C)NC(C)c1ccc(Cl)c(F)c1. The molecule has 0 amide bonds. The molecule has 0 heterocycles. The van der Waals surface area contributed by atoms with Crippen LogP contribution < -0.4 is 5.32 Å². The predicted octanol–water partition coefficient (Wildman–Crippen LogP) is 5.20. The van der Waals surface area contributed by atoms with Crippen LogP contribution in [0.25, 0.3) is 0 Å². The minimum absolute atomic E-state index is 0.0522. The van der Waals surface area contributed by atoms with Crippen LogP contribution in [0.15, 0.2) is 42.5 Å². The number of nitrogens with one attached hydrogen (secondary N) is 1. The first-order chi connectivity index (χ1) is 9.49. The Morgan fingerprint density at radius 3 is 2.40 bits per heavy atom. The van der Waals surface area contributed by atoms with Gasteiger partial charge in [0.15, 0.2) is 0 Å². The molecule has 0 aromatic heterocycles. The molecule has 0 aliphatic rings. The van der Waals surface area contributed by atoms with Crippen molar-refractivity contribution in [2.75, 3.05) is 0 Å². The standard InChI is InChI=1S/C17H19ClFN/c1-11-6-4-5-7-15(11)13(3)20-12(2)14-8-9-16(18)17(19)10-14/h4-10,12-13,20H,1-3H3/t12?,13-/m1/s1. The van der Waals surface area contributed by atoms with Crippen LogP contribution in [0.5, 0.6) is 0 Å². The molecule has 0 fully saturated rings. The molecule has 1 unspecified atom stereocenters. The maximum absolute atomic E-state index is 13.5. The van der Waals surface area contributed by atoms with Gasteiger partial charge in [-0.15, -0.1) is 0 Å². The Morgan fingerprint density at radius 1 is 1.05 bits per heavy atom. The Kier molecular flexibility index (Phi) is 4.79. The molecule has 1 N–H and O–H groups in total. The molecule has 20 heavy (non-hydrogen) atoms. The van der Waals surface area contributed by atoms with Crippen molar-refractivity contribution < 1.29 is 4.39 Å². The van der Waals surface area contributed by atoms with Crippen LogP contribution in [0.1, 0.15) is 42.6 Å². The summed E-state index contributed by atoms with van der Waals surface area (Å²) in [5, 5.41) is 3.65. The third-order valence-electron chi connectivity index (χ3n) is 3.60. The van der Waals surface area contributed by atoms with E-state index < -0.39 is 0 Å². The van der Waals surface area contributed by atoms with Crippen LogP contribution in [0.2, 0.25) is 5.02 Å². The van der Waals surface area contributed by atoms with Crippen molar-refractivity contribution in [1.82, 2.24) is 5.32 Å². The van der Waals surface area contributed by atoms with Crippen LogP contribution in [0.3, 0.4) is 0 Å². The topological polar surface area (TPSA) is 12.0 Å². The molecule has 106 valence electrons. The van der Waals surface area contributed by atoms with Crippen LogP contribution in [-0.2, 0) is 0 Å². The normalized spacial score (nSPS) is 14.1. The van der Waals surface area contributed by atoms with Gasteiger partial charge in [-0.05, 0) is 49.6 Å². The summed E-state index contributed by atoms with van der Waals surface area (Å²) in [6.07, 6.45) is 0. The van der Waals surface area contributed by atoms with Gasteiger partial charge in [-0.1, -0.05) is 41.9 Å². The summed E-state index contributed by atoms with van der Waals surface area (Å²) in [6, 6.07) is 13.5. The zero-order chi connectivity index (χ0) is 14.7. The zero-order valence-electron chi connectivity index (χ0n) is 12.0. The molecule has 0 bridgehead atoms. The second kappa shape index (κ2) is 6.38. The lowest BCUT2D eigenvalue weighted by molar-refractivity contribution is 0.490. The maximum atomic E-state index is 13.5. The van der Waals surface area contributed by atoms with Gasteiger partial charge in [0, 0.05) is 12.1 Å². The molecule has 2 aromatic rings. The average molecular weight is 292 g/mol. The first-order valence-electron chi connectivity index (χ1n) is 6.75. The van der Waals surface area contributed by atoms with E-state index in [2.05, 4.69) is 31.3 Å². The molecule has 2 rings (SSSR count). The monoisotopic (exact) mass is 291 g/mol. The number of benzene rings is 2. The molecule has 0 radical (unpaired) electrons. The van der Waals surface area contributed by atoms with E-state index in [1.54, 1.807) is 6.07 Å². The third-order valence-corrected chi connectivity index (χ3v) is 3.91. The van der Waals surface area contributed by atoms with Gasteiger partial charge >= 0.3 is 0 Å². The highest BCUT2D eigenvalue weighted by Crippen LogP contribution is 2.24. The fourth-order valence-corrected chi connectivity index (χ4v) is 2.53. The molecule has 2 atom stereocenters. The van der Waals surface area contributed by atoms with E-state index in [9.17, 15) is 4.39 Å². The summed E-state index contributed by atoms with van der Waals surface area (Å²) >= 11 is 5.71. The lowest BCUT2D eigenvalue weighted by atomic mass is 10.0. The van der Waals surface area contributed by atoms with Crippen LogP contribution >= 0.6 is 11.6 Å². The van der Waals surface area contributed by atoms with Crippen LogP contribution in [0.4, 0.5) is 4.39 Å². The van der Waals surface area contributed by atoms with Gasteiger partial charge in [0.25, 0.3) is 0 Å². The molecular formula is C17H19ClFN. The Hall–Kier alpha value is -1.38. The quantitative estimate of drug-likeness (QED) is 0.816. The van der Waals surface area contributed by atoms with Gasteiger partial charge in [-0.2, -0.15) is 0 Å². The van der Waals surface area contributed by atoms with Gasteiger partial charge in [0.05, 0.1) is 5.02 Å². The molecule has 0 saturated carbocycles. The number of rotatable bonds is 4. The molecule has 1 nitrogen and oxygen atoms in total. The van der Waals surface area contributed by atoms with Crippen molar-refractivity contribution in [2.45, 2.75) is 32.9 Å². The largest absolute Gasteiger partial charge is 0.304 e. The van der Waals surface area contributed by atoms with Crippen molar-refractivity contribution in [3.63, 3.8) is 0 Å². The van der Waals surface area contributed by atoms with Crippen molar-refractivity contribution >= 4 is 11.6 Å². The lowest BCUT2D eigenvalue weighted by Gasteiger charge is -2.22. The second-order valence-electron chi connectivity index (χ2n) is 5.14. The lowest BCUT2D eigenvalue weighted by Crippen LogP contribution is -2.23. The summed E-state index contributed by atoms with van der Waals surface area (Å²) in [6.45, 7) is 6.24. The van der Waals surface area contributed by atoms with Gasteiger partial charge in [0.2, 0.25) is 0 Å². The van der Waals surface area contributed by atoms with E-state index in [4.69, 9.17) is 11.6 Å². The van der Waals surface area contributed by atoms with Gasteiger partial charge < -0.3 is 5.32 Å². The average Bonchev–Trinajstić information content (AvgIpc) is 2.42. The molecule has 0 spiro atoms. The van der Waals surface area contributed by atoms with Gasteiger partial charge in [-0.25, -0.2) is 4.39 Å². The van der Waals surface area contributed by atoms with Crippen LogP contribution in [-0.4, -0.2) is 0 Å². The van der Waals surface area contributed by atoms with Crippen molar-refractivity contribution in [2.24, 2.45) is 0 Å². The first-order valence-corrected chi connectivity index (χ1v) is 7.13. The summed E-state index contributed by atoms with van der Waals surface area (Å²) in [7, 11) is 0. The summed E-state index contributed by atoms with van der Waals surface area (Å²) in [5.41, 5.74) is 3.41. The zero-order valence-corrected chi connectivity index (χ0v) is 12.7. The van der Waals surface area contributed by atoms with Crippen molar-refractivity contribution in [1.29, 1.82) is 0 Å². The molecule has 0 aliphatic carbocycles. The Balaban J connectivity index is 2.13. The number of hydrogen-bond acceptors (Lipinski definition) is 1. The summed E-state index contributed by atoms with van der Waals surface area (Å²) < 4.78 is 13.5. The van der Waals surface area contributed by atoms with E-state index in [1.165, 1.54) is 17.2 Å². The van der Waals surface area contributed by atoms with E-state index in [0.29, 0.717) is 0 Å². The smallest absolute Gasteiger partial charge is 0.142 e. The maximum Gasteiger partial charge on any atom is 0.142 e. The van der Waals surface area contributed by atoms with Crippen molar-refractivity contribution in [3.8, 4) is 0 Å². The minimum atomic E-state index is -0.374. The second-order valence-corrected chi connectivity index (χ2v) is 5.55. The predicted molar refractivity (Wildman–Crippen MR) is 82.6 cm³/mol. The van der Waals surface area contributed by atoms with Crippen molar-refractivity contribution in [3.05, 3.63) is 70.0 Å². The van der Waals surface area contributed by atoms with Gasteiger partial charge in [0.1, 0.15) is 5.82 Å². The molecule has 2 aromatic carbocycles.